The molecule has 0 spiro atoms. The molecule has 1 heterocycles. The second-order valence-electron chi connectivity index (χ2n) is 3.97. The molecule has 1 aliphatic rings. The van der Waals surface area contributed by atoms with Crippen molar-refractivity contribution in [1.82, 2.24) is 15.5 Å². The molecule has 14 heavy (non-hydrogen) atoms. The Balaban J connectivity index is 2.01. The molecule has 1 atom stereocenters. The van der Waals surface area contributed by atoms with E-state index in [1.807, 2.05) is 6.20 Å². The van der Waals surface area contributed by atoms with Crippen LogP contribution in [0, 0.1) is 5.92 Å². The molecule has 2 rings (SSSR count). The third-order valence-corrected chi connectivity index (χ3v) is 2.73. The van der Waals surface area contributed by atoms with Crippen molar-refractivity contribution in [3.05, 3.63) is 24.0 Å². The Morgan fingerprint density at radius 3 is 2.93 bits per heavy atom. The van der Waals surface area contributed by atoms with E-state index in [9.17, 15) is 0 Å². The van der Waals surface area contributed by atoms with Crippen LogP contribution >= 0.6 is 0 Å². The molecule has 1 fully saturated rings. The first-order chi connectivity index (χ1) is 6.90. The Morgan fingerprint density at radius 1 is 1.50 bits per heavy atom. The van der Waals surface area contributed by atoms with Gasteiger partial charge in [-0.1, -0.05) is 19.8 Å². The third-order valence-electron chi connectivity index (χ3n) is 2.73. The molecule has 1 aromatic rings. The summed E-state index contributed by atoms with van der Waals surface area (Å²) < 4.78 is 0. The third kappa shape index (κ3) is 2.51. The lowest BCUT2D eigenvalue weighted by atomic mass is 10.0. The topological polar surface area (TPSA) is 37.8 Å². The van der Waals surface area contributed by atoms with Crippen molar-refractivity contribution in [3.8, 4) is 0 Å². The van der Waals surface area contributed by atoms with Gasteiger partial charge in [0.15, 0.2) is 0 Å². The van der Waals surface area contributed by atoms with E-state index in [1.165, 1.54) is 24.8 Å². The smallest absolute Gasteiger partial charge is 0.0544 e. The van der Waals surface area contributed by atoms with Gasteiger partial charge in [0.1, 0.15) is 0 Å². The molecule has 0 aliphatic heterocycles. The molecule has 1 unspecified atom stereocenters. The molecular weight excluding hydrogens is 174 g/mol. The van der Waals surface area contributed by atoms with Crippen LogP contribution in [-0.4, -0.2) is 16.7 Å². The number of aromatic nitrogens is 2. The number of nitrogens with one attached hydrogen (secondary N) is 1. The van der Waals surface area contributed by atoms with Gasteiger partial charge < -0.3 is 5.32 Å². The predicted molar refractivity (Wildman–Crippen MR) is 55.8 cm³/mol. The van der Waals surface area contributed by atoms with Gasteiger partial charge in [0.05, 0.1) is 6.20 Å². The summed E-state index contributed by atoms with van der Waals surface area (Å²) in [6.45, 7) is 3.16. The molecule has 0 radical (unpaired) electrons. The molecule has 1 aromatic heterocycles. The molecule has 1 saturated carbocycles. The van der Waals surface area contributed by atoms with Crippen LogP contribution in [0.5, 0.6) is 0 Å². The Labute approximate surface area is 84.9 Å². The van der Waals surface area contributed by atoms with E-state index in [0.717, 1.165) is 12.5 Å². The van der Waals surface area contributed by atoms with E-state index in [1.54, 1.807) is 6.20 Å². The highest BCUT2D eigenvalue weighted by Gasteiger charge is 2.25. The van der Waals surface area contributed by atoms with Gasteiger partial charge in [-0.05, 0) is 30.5 Å². The average Bonchev–Trinajstić information content (AvgIpc) is 3.03. The molecule has 3 nitrogen and oxygen atoms in total. The molecule has 1 N–H and O–H groups in total. The van der Waals surface area contributed by atoms with Crippen molar-refractivity contribution >= 4 is 0 Å². The van der Waals surface area contributed by atoms with Crippen LogP contribution in [0.2, 0.25) is 0 Å². The Kier molecular flexibility index (Phi) is 3.09. The highest BCUT2D eigenvalue weighted by Crippen LogP contribution is 2.37. The van der Waals surface area contributed by atoms with Crippen molar-refractivity contribution < 1.29 is 0 Å². The van der Waals surface area contributed by atoms with Crippen LogP contribution in [0.3, 0.4) is 0 Å². The lowest BCUT2D eigenvalue weighted by Crippen LogP contribution is -2.21. The van der Waals surface area contributed by atoms with Crippen LogP contribution in [0.4, 0.5) is 0 Å². The summed E-state index contributed by atoms with van der Waals surface area (Å²) in [5.74, 6) is 0.937. The van der Waals surface area contributed by atoms with Crippen molar-refractivity contribution in [2.24, 2.45) is 5.92 Å². The van der Waals surface area contributed by atoms with Crippen molar-refractivity contribution in [1.29, 1.82) is 0 Å². The van der Waals surface area contributed by atoms with E-state index >= 15 is 0 Å². The number of rotatable bonds is 5. The zero-order chi connectivity index (χ0) is 9.80. The van der Waals surface area contributed by atoms with Gasteiger partial charge in [0, 0.05) is 12.2 Å². The zero-order valence-electron chi connectivity index (χ0n) is 8.61. The fourth-order valence-corrected chi connectivity index (χ4v) is 1.78. The lowest BCUT2D eigenvalue weighted by Gasteiger charge is -2.17. The van der Waals surface area contributed by atoms with E-state index in [2.05, 4.69) is 28.5 Å². The summed E-state index contributed by atoms with van der Waals surface area (Å²) in [6, 6.07) is 2.53. The van der Waals surface area contributed by atoms with Gasteiger partial charge >= 0.3 is 0 Å². The highest BCUT2D eigenvalue weighted by atomic mass is 15.1. The van der Waals surface area contributed by atoms with E-state index in [0.29, 0.717) is 6.04 Å². The van der Waals surface area contributed by atoms with E-state index < -0.39 is 0 Å². The number of hydrogen-bond acceptors (Lipinski definition) is 3. The van der Waals surface area contributed by atoms with E-state index in [4.69, 9.17) is 0 Å². The van der Waals surface area contributed by atoms with Crippen molar-refractivity contribution in [2.45, 2.75) is 32.2 Å². The zero-order valence-corrected chi connectivity index (χ0v) is 8.61. The maximum atomic E-state index is 3.93. The highest BCUT2D eigenvalue weighted by molar-refractivity contribution is 5.12. The van der Waals surface area contributed by atoms with Crippen LogP contribution in [0.1, 0.15) is 37.8 Å². The monoisotopic (exact) mass is 191 g/mol. The second kappa shape index (κ2) is 4.51. The SMILES string of the molecule is CCNC(CC1CC1)c1ccnnc1. The normalized spacial score (nSPS) is 18.1. The minimum atomic E-state index is 0.475. The Morgan fingerprint density at radius 2 is 2.36 bits per heavy atom. The summed E-state index contributed by atoms with van der Waals surface area (Å²) >= 11 is 0. The minimum Gasteiger partial charge on any atom is -0.310 e. The molecule has 0 aromatic carbocycles. The molecule has 0 saturated heterocycles. The summed E-state index contributed by atoms with van der Waals surface area (Å²) in [5, 5.41) is 11.2. The van der Waals surface area contributed by atoms with Gasteiger partial charge in [-0.15, -0.1) is 0 Å². The van der Waals surface area contributed by atoms with Gasteiger partial charge in [-0.2, -0.15) is 10.2 Å². The molecule has 3 heteroatoms. The van der Waals surface area contributed by atoms with Crippen LogP contribution in [0.25, 0.3) is 0 Å². The number of nitrogens with zero attached hydrogens (tertiary/aromatic N) is 2. The standard InChI is InChI=1S/C11H17N3/c1-2-12-11(7-9-3-4-9)10-5-6-13-14-8-10/h5-6,8-9,11-12H,2-4,7H2,1H3. The van der Waals surface area contributed by atoms with Crippen LogP contribution in [0.15, 0.2) is 18.5 Å². The minimum absolute atomic E-state index is 0.475. The summed E-state index contributed by atoms with van der Waals surface area (Å²) in [7, 11) is 0. The van der Waals surface area contributed by atoms with Gasteiger partial charge in [-0.3, -0.25) is 0 Å². The van der Waals surface area contributed by atoms with E-state index in [-0.39, 0.29) is 0 Å². The molecule has 0 bridgehead atoms. The Bertz CT molecular complexity index is 269. The molecule has 0 amide bonds. The van der Waals surface area contributed by atoms with Gasteiger partial charge in [0.25, 0.3) is 0 Å². The summed E-state index contributed by atoms with van der Waals surface area (Å²) in [4.78, 5) is 0. The summed E-state index contributed by atoms with van der Waals surface area (Å²) in [6.07, 6.45) is 7.70. The quantitative estimate of drug-likeness (QED) is 0.772. The van der Waals surface area contributed by atoms with Crippen molar-refractivity contribution in [2.75, 3.05) is 6.54 Å². The maximum Gasteiger partial charge on any atom is 0.0544 e. The molecule has 76 valence electrons. The second-order valence-corrected chi connectivity index (χ2v) is 3.97. The Hall–Kier alpha value is -0.960. The molecule has 1 aliphatic carbocycles. The summed E-state index contributed by atoms with van der Waals surface area (Å²) in [5.41, 5.74) is 1.27. The van der Waals surface area contributed by atoms with Crippen LogP contribution < -0.4 is 5.32 Å². The average molecular weight is 191 g/mol. The fourth-order valence-electron chi connectivity index (χ4n) is 1.78. The first kappa shape index (κ1) is 9.59. The first-order valence-electron chi connectivity index (χ1n) is 5.40. The van der Waals surface area contributed by atoms with Gasteiger partial charge in [0.2, 0.25) is 0 Å². The fraction of sp³-hybridized carbons (Fsp3) is 0.636. The van der Waals surface area contributed by atoms with Crippen LogP contribution in [-0.2, 0) is 0 Å². The largest absolute Gasteiger partial charge is 0.310 e. The van der Waals surface area contributed by atoms with Gasteiger partial charge in [-0.25, -0.2) is 0 Å². The first-order valence-corrected chi connectivity index (χ1v) is 5.40. The predicted octanol–water partition coefficient (Wildman–Crippen LogP) is 1.93. The number of hydrogen-bond donors (Lipinski definition) is 1. The van der Waals surface area contributed by atoms with Crippen molar-refractivity contribution in [3.63, 3.8) is 0 Å². The lowest BCUT2D eigenvalue weighted by molar-refractivity contribution is 0.485. The maximum absolute atomic E-state index is 3.93. The molecular formula is C11H17N3.